The largest absolute Gasteiger partial charge is 0.457 e. The minimum Gasteiger partial charge on any atom is -0.457 e. The van der Waals surface area contributed by atoms with Gasteiger partial charge in [0.05, 0.1) is 15.7 Å². The molecule has 3 aromatic rings. The highest BCUT2D eigenvalue weighted by Crippen LogP contribution is 2.32. The van der Waals surface area contributed by atoms with E-state index in [1.54, 1.807) is 30.3 Å². The van der Waals surface area contributed by atoms with E-state index in [4.69, 9.17) is 39.2 Å². The molecule has 0 bridgehead atoms. The van der Waals surface area contributed by atoms with Crippen LogP contribution in [0.1, 0.15) is 11.3 Å². The highest BCUT2D eigenvalue weighted by Gasteiger charge is 2.35. The number of hydrogen-bond acceptors (Lipinski definition) is 3. The summed E-state index contributed by atoms with van der Waals surface area (Å²) in [5.41, 5.74) is 4.56. The van der Waals surface area contributed by atoms with Gasteiger partial charge in [-0.25, -0.2) is 5.01 Å². The molecule has 146 valence electrons. The van der Waals surface area contributed by atoms with Gasteiger partial charge in [-0.3, -0.25) is 15.0 Å². The molecule has 2 amide bonds. The fourth-order valence-electron chi connectivity index (χ4n) is 2.96. The predicted molar refractivity (Wildman–Crippen MR) is 114 cm³/mol. The molecule has 5 nitrogen and oxygen atoms in total. The number of benzene rings is 2. The molecule has 1 aliphatic rings. The summed E-state index contributed by atoms with van der Waals surface area (Å²) in [6.45, 7) is 1.89. The van der Waals surface area contributed by atoms with Gasteiger partial charge in [0.25, 0.3) is 11.8 Å². The molecule has 1 fully saturated rings. The van der Waals surface area contributed by atoms with E-state index in [9.17, 15) is 9.59 Å². The zero-order valence-electron chi connectivity index (χ0n) is 15.0. The average molecular weight is 448 g/mol. The van der Waals surface area contributed by atoms with Crippen molar-refractivity contribution in [2.75, 3.05) is 5.01 Å². The monoisotopic (exact) mass is 446 g/mol. The Kier molecular flexibility index (Phi) is 5.13. The van der Waals surface area contributed by atoms with Gasteiger partial charge in [-0.2, -0.15) is 0 Å². The molecular weight excluding hydrogens is 435 g/mol. The van der Waals surface area contributed by atoms with Crippen molar-refractivity contribution in [2.45, 2.75) is 6.92 Å². The van der Waals surface area contributed by atoms with Crippen LogP contribution < -0.4 is 10.4 Å². The number of nitrogens with one attached hydrogen (secondary N) is 1. The highest BCUT2D eigenvalue weighted by molar-refractivity contribution is 6.42. The van der Waals surface area contributed by atoms with Crippen LogP contribution in [0, 0.1) is 6.92 Å². The lowest BCUT2D eigenvalue weighted by Gasteiger charge is -2.15. The summed E-state index contributed by atoms with van der Waals surface area (Å²) in [4.78, 5) is 25.1. The van der Waals surface area contributed by atoms with Crippen LogP contribution in [-0.2, 0) is 9.59 Å². The van der Waals surface area contributed by atoms with E-state index in [0.29, 0.717) is 27.3 Å². The van der Waals surface area contributed by atoms with E-state index in [2.05, 4.69) is 5.43 Å². The standard InChI is InChI=1S/C21H13Cl3N2O3/c1-11-14(3-2-4-16(11)22)19-8-6-13(29-19)10-15-20(27)25-26(21(15)28)12-5-7-17(23)18(24)9-12/h2-10H,1H3,(H,25,27)/b15-10-. The first kappa shape index (κ1) is 19.6. The van der Waals surface area contributed by atoms with Gasteiger partial charge < -0.3 is 4.42 Å². The van der Waals surface area contributed by atoms with E-state index in [-0.39, 0.29) is 10.6 Å². The fourth-order valence-corrected chi connectivity index (χ4v) is 3.42. The Labute approximate surface area is 181 Å². The van der Waals surface area contributed by atoms with Crippen LogP contribution in [-0.4, -0.2) is 11.8 Å². The van der Waals surface area contributed by atoms with Crippen molar-refractivity contribution in [1.29, 1.82) is 0 Å². The maximum Gasteiger partial charge on any atom is 0.282 e. The third kappa shape index (κ3) is 3.65. The molecule has 0 aliphatic carbocycles. The molecule has 0 unspecified atom stereocenters. The summed E-state index contributed by atoms with van der Waals surface area (Å²) in [6.07, 6.45) is 1.40. The molecule has 0 atom stereocenters. The number of rotatable bonds is 3. The summed E-state index contributed by atoms with van der Waals surface area (Å²) >= 11 is 18.1. The first-order chi connectivity index (χ1) is 13.8. The van der Waals surface area contributed by atoms with Crippen LogP contribution in [0.15, 0.2) is 58.5 Å². The third-order valence-corrected chi connectivity index (χ3v) is 5.65. The SMILES string of the molecule is Cc1c(Cl)cccc1-c1ccc(/C=C2/C(=O)NN(c3ccc(Cl)c(Cl)c3)C2=O)o1. The number of halogens is 3. The van der Waals surface area contributed by atoms with Gasteiger partial charge in [-0.1, -0.05) is 46.9 Å². The molecule has 1 aromatic heterocycles. The molecule has 29 heavy (non-hydrogen) atoms. The molecule has 2 heterocycles. The van der Waals surface area contributed by atoms with Gasteiger partial charge in [0, 0.05) is 10.6 Å². The lowest BCUT2D eigenvalue weighted by atomic mass is 10.1. The number of anilines is 1. The number of carbonyl (C=O) groups excluding carboxylic acids is 2. The van der Waals surface area contributed by atoms with Gasteiger partial charge in [0.1, 0.15) is 17.1 Å². The maximum absolute atomic E-state index is 12.7. The van der Waals surface area contributed by atoms with Gasteiger partial charge in [0.15, 0.2) is 0 Å². The summed E-state index contributed by atoms with van der Waals surface area (Å²) < 4.78 is 5.82. The van der Waals surface area contributed by atoms with Crippen molar-refractivity contribution < 1.29 is 14.0 Å². The number of furan rings is 1. The van der Waals surface area contributed by atoms with Crippen molar-refractivity contribution in [3.63, 3.8) is 0 Å². The molecule has 1 N–H and O–H groups in total. The minimum atomic E-state index is -0.544. The van der Waals surface area contributed by atoms with E-state index in [1.165, 1.54) is 12.1 Å². The van der Waals surface area contributed by atoms with Crippen LogP contribution in [0.4, 0.5) is 5.69 Å². The molecular formula is C21H13Cl3N2O3. The van der Waals surface area contributed by atoms with Crippen LogP contribution in [0.25, 0.3) is 17.4 Å². The van der Waals surface area contributed by atoms with E-state index in [1.807, 2.05) is 19.1 Å². The van der Waals surface area contributed by atoms with Gasteiger partial charge >= 0.3 is 0 Å². The summed E-state index contributed by atoms with van der Waals surface area (Å²) in [5, 5.41) is 2.36. The van der Waals surface area contributed by atoms with Gasteiger partial charge in [-0.05, 0) is 55.0 Å². The summed E-state index contributed by atoms with van der Waals surface area (Å²) in [6, 6.07) is 13.6. The molecule has 1 aliphatic heterocycles. The van der Waals surface area contributed by atoms with Crippen molar-refractivity contribution in [3.05, 3.63) is 80.5 Å². The van der Waals surface area contributed by atoms with Crippen LogP contribution in [0.2, 0.25) is 15.1 Å². The number of nitrogens with zero attached hydrogens (tertiary/aromatic N) is 1. The lowest BCUT2D eigenvalue weighted by Crippen LogP contribution is -2.35. The molecule has 1 saturated heterocycles. The predicted octanol–water partition coefficient (Wildman–Crippen LogP) is 5.68. The normalized spacial score (nSPS) is 15.3. The van der Waals surface area contributed by atoms with Crippen LogP contribution in [0.5, 0.6) is 0 Å². The zero-order valence-corrected chi connectivity index (χ0v) is 17.3. The Bertz CT molecular complexity index is 1180. The van der Waals surface area contributed by atoms with Crippen molar-refractivity contribution in [3.8, 4) is 11.3 Å². The first-order valence-corrected chi connectivity index (χ1v) is 9.66. The Morgan fingerprint density at radius 1 is 0.966 bits per heavy atom. The minimum absolute atomic E-state index is 0.0558. The lowest BCUT2D eigenvalue weighted by molar-refractivity contribution is -0.117. The summed E-state index contributed by atoms with van der Waals surface area (Å²) in [5.74, 6) is -0.110. The van der Waals surface area contributed by atoms with Crippen LogP contribution >= 0.6 is 34.8 Å². The van der Waals surface area contributed by atoms with Crippen molar-refractivity contribution >= 4 is 58.4 Å². The molecule has 8 heteroatoms. The van der Waals surface area contributed by atoms with Crippen molar-refractivity contribution in [2.24, 2.45) is 0 Å². The second kappa shape index (κ2) is 7.59. The third-order valence-electron chi connectivity index (χ3n) is 4.50. The highest BCUT2D eigenvalue weighted by atomic mass is 35.5. The van der Waals surface area contributed by atoms with Gasteiger partial charge in [-0.15, -0.1) is 0 Å². The van der Waals surface area contributed by atoms with E-state index >= 15 is 0 Å². The zero-order chi connectivity index (χ0) is 20.7. The number of hydrazine groups is 1. The Hall–Kier alpha value is -2.73. The quantitative estimate of drug-likeness (QED) is 0.415. The Balaban J connectivity index is 1.64. The Morgan fingerprint density at radius 2 is 1.76 bits per heavy atom. The number of carbonyl (C=O) groups is 2. The molecule has 0 saturated carbocycles. The molecule has 2 aromatic carbocycles. The molecule has 0 radical (unpaired) electrons. The smallest absolute Gasteiger partial charge is 0.282 e. The number of amides is 2. The van der Waals surface area contributed by atoms with Crippen LogP contribution in [0.3, 0.4) is 0 Å². The number of hydrogen-bond donors (Lipinski definition) is 1. The van der Waals surface area contributed by atoms with E-state index in [0.717, 1.165) is 16.1 Å². The fraction of sp³-hybridized carbons (Fsp3) is 0.0476. The second-order valence-electron chi connectivity index (χ2n) is 6.35. The van der Waals surface area contributed by atoms with Gasteiger partial charge in [0.2, 0.25) is 0 Å². The van der Waals surface area contributed by atoms with E-state index < -0.39 is 11.8 Å². The topological polar surface area (TPSA) is 62.6 Å². The first-order valence-electron chi connectivity index (χ1n) is 8.52. The summed E-state index contributed by atoms with van der Waals surface area (Å²) in [7, 11) is 0. The molecule has 0 spiro atoms. The van der Waals surface area contributed by atoms with Crippen molar-refractivity contribution in [1.82, 2.24) is 5.43 Å². The maximum atomic E-state index is 12.7. The average Bonchev–Trinajstić information content (AvgIpc) is 3.26. The second-order valence-corrected chi connectivity index (χ2v) is 7.57. The molecule has 4 rings (SSSR count). The Morgan fingerprint density at radius 3 is 2.52 bits per heavy atom.